The van der Waals surface area contributed by atoms with E-state index in [1.165, 1.54) is 17.0 Å². The number of nitrogens with one attached hydrogen (secondary N) is 1. The van der Waals surface area contributed by atoms with Crippen molar-refractivity contribution in [3.05, 3.63) is 65.0 Å². The maximum Gasteiger partial charge on any atom is 0.335 e. The number of carboxylic acid groups (broad SMARTS) is 1. The highest BCUT2D eigenvalue weighted by Gasteiger charge is 2.36. The van der Waals surface area contributed by atoms with Gasteiger partial charge in [0.15, 0.2) is 0 Å². The van der Waals surface area contributed by atoms with Crippen LogP contribution in [-0.4, -0.2) is 33.8 Å². The van der Waals surface area contributed by atoms with Crippen molar-refractivity contribution >= 4 is 23.5 Å². The fraction of sp³-hybridized carbons (Fsp3) is 0.250. The molecule has 1 heterocycles. The topological polar surface area (TPSA) is 86.7 Å². The third kappa shape index (κ3) is 4.13. The molecule has 0 radical (unpaired) electrons. The molecule has 1 aliphatic rings. The summed E-state index contributed by atoms with van der Waals surface area (Å²) in [5, 5.41) is 11.3. The number of benzene rings is 2. The van der Waals surface area contributed by atoms with E-state index in [0.717, 1.165) is 17.2 Å². The van der Waals surface area contributed by atoms with E-state index in [1.54, 1.807) is 0 Å². The summed E-state index contributed by atoms with van der Waals surface area (Å²) in [6.07, 6.45) is 0.607. The molecule has 2 aromatic carbocycles. The molecule has 1 aliphatic heterocycles. The molecule has 2 amide bonds. The van der Waals surface area contributed by atoms with Crippen molar-refractivity contribution in [2.45, 2.75) is 32.4 Å². The quantitative estimate of drug-likeness (QED) is 0.847. The molecule has 2 N–H and O–H groups in total. The first-order valence-electron chi connectivity index (χ1n) is 8.54. The number of halogens is 1. The second-order valence-electron chi connectivity index (χ2n) is 6.55. The van der Waals surface area contributed by atoms with Gasteiger partial charge in [-0.1, -0.05) is 29.8 Å². The zero-order valence-corrected chi connectivity index (χ0v) is 14.7. The number of anilines is 1. The molecule has 7 heteroatoms. The Hall–Kier alpha value is -3.22. The number of hydrogen-bond acceptors (Lipinski definition) is 3. The van der Waals surface area contributed by atoms with Gasteiger partial charge in [0.2, 0.25) is 11.8 Å². The molecule has 0 bridgehead atoms. The largest absolute Gasteiger partial charge is 0.478 e. The highest BCUT2D eigenvalue weighted by atomic mass is 19.1. The van der Waals surface area contributed by atoms with Gasteiger partial charge in [0.1, 0.15) is 11.9 Å². The fourth-order valence-electron chi connectivity index (χ4n) is 3.06. The number of rotatable bonds is 5. The molecule has 1 unspecified atom stereocenters. The Kier molecular flexibility index (Phi) is 5.21. The molecular formula is C20H19FN2O4. The summed E-state index contributed by atoms with van der Waals surface area (Å²) < 4.78 is 14.1. The lowest BCUT2D eigenvalue weighted by molar-refractivity contribution is -0.133. The molecule has 2 aromatic rings. The van der Waals surface area contributed by atoms with E-state index in [0.29, 0.717) is 13.0 Å². The van der Waals surface area contributed by atoms with Crippen LogP contribution in [0.4, 0.5) is 10.1 Å². The lowest BCUT2D eigenvalue weighted by atomic mass is 10.1. The number of carbonyl (C=O) groups excluding carboxylic acids is 2. The molecule has 1 fully saturated rings. The van der Waals surface area contributed by atoms with Crippen LogP contribution in [0.2, 0.25) is 0 Å². The van der Waals surface area contributed by atoms with E-state index in [9.17, 15) is 18.8 Å². The van der Waals surface area contributed by atoms with E-state index in [-0.39, 0.29) is 23.6 Å². The summed E-state index contributed by atoms with van der Waals surface area (Å²) in [5.41, 5.74) is 1.69. The van der Waals surface area contributed by atoms with E-state index < -0.39 is 23.7 Å². The number of carboxylic acids is 1. The summed E-state index contributed by atoms with van der Waals surface area (Å²) in [6, 6.07) is 10.2. The molecule has 3 rings (SSSR count). The summed E-state index contributed by atoms with van der Waals surface area (Å²) in [7, 11) is 0. The van der Waals surface area contributed by atoms with Gasteiger partial charge in [-0.2, -0.15) is 0 Å². The molecule has 0 spiro atoms. The maximum atomic E-state index is 14.1. The van der Waals surface area contributed by atoms with Crippen molar-refractivity contribution in [2.24, 2.45) is 0 Å². The number of aryl methyl sites for hydroxylation is 1. The van der Waals surface area contributed by atoms with Crippen molar-refractivity contribution in [3.63, 3.8) is 0 Å². The molecule has 1 atom stereocenters. The first-order valence-corrected chi connectivity index (χ1v) is 8.54. The summed E-state index contributed by atoms with van der Waals surface area (Å²) in [6.45, 7) is 2.27. The Morgan fingerprint density at radius 2 is 1.93 bits per heavy atom. The zero-order valence-electron chi connectivity index (χ0n) is 14.7. The van der Waals surface area contributed by atoms with Crippen LogP contribution < -0.4 is 5.32 Å². The van der Waals surface area contributed by atoms with E-state index in [4.69, 9.17) is 5.11 Å². The van der Waals surface area contributed by atoms with Crippen LogP contribution in [-0.2, 0) is 16.1 Å². The second kappa shape index (κ2) is 7.57. The number of nitrogens with zero attached hydrogens (tertiary/aromatic N) is 1. The maximum absolute atomic E-state index is 14.1. The molecule has 0 aliphatic carbocycles. The highest BCUT2D eigenvalue weighted by molar-refractivity contribution is 5.99. The lowest BCUT2D eigenvalue weighted by Gasteiger charge is -2.24. The van der Waals surface area contributed by atoms with Crippen LogP contribution in [0.3, 0.4) is 0 Å². The van der Waals surface area contributed by atoms with Gasteiger partial charge in [-0.15, -0.1) is 0 Å². The van der Waals surface area contributed by atoms with Gasteiger partial charge >= 0.3 is 5.97 Å². The van der Waals surface area contributed by atoms with E-state index >= 15 is 0 Å². The smallest absolute Gasteiger partial charge is 0.335 e. The van der Waals surface area contributed by atoms with Crippen molar-refractivity contribution in [1.29, 1.82) is 0 Å². The molecular weight excluding hydrogens is 351 g/mol. The van der Waals surface area contributed by atoms with Gasteiger partial charge in [0.25, 0.3) is 0 Å². The van der Waals surface area contributed by atoms with Crippen molar-refractivity contribution in [2.75, 3.05) is 5.32 Å². The minimum Gasteiger partial charge on any atom is -0.478 e. The van der Waals surface area contributed by atoms with Crippen molar-refractivity contribution in [1.82, 2.24) is 4.90 Å². The molecule has 1 saturated heterocycles. The minimum absolute atomic E-state index is 0.111. The number of aromatic carboxylic acids is 1. The average Bonchev–Trinajstić information content (AvgIpc) is 2.99. The van der Waals surface area contributed by atoms with Crippen LogP contribution in [0.25, 0.3) is 0 Å². The van der Waals surface area contributed by atoms with Gasteiger partial charge in [-0.25, -0.2) is 9.18 Å². The number of hydrogen-bond donors (Lipinski definition) is 2. The third-order valence-electron chi connectivity index (χ3n) is 4.58. The average molecular weight is 370 g/mol. The Morgan fingerprint density at radius 3 is 2.56 bits per heavy atom. The summed E-state index contributed by atoms with van der Waals surface area (Å²) in [4.78, 5) is 37.2. The number of amides is 2. The first kappa shape index (κ1) is 18.6. The van der Waals surface area contributed by atoms with Crippen LogP contribution in [0.15, 0.2) is 42.5 Å². The van der Waals surface area contributed by atoms with Crippen molar-refractivity contribution < 1.29 is 23.9 Å². The molecule has 0 saturated carbocycles. The normalized spacial score (nSPS) is 16.4. The molecule has 0 aromatic heterocycles. The van der Waals surface area contributed by atoms with E-state index in [1.807, 2.05) is 31.2 Å². The molecule has 27 heavy (non-hydrogen) atoms. The molecule has 6 nitrogen and oxygen atoms in total. The van der Waals surface area contributed by atoms with Crippen LogP contribution >= 0.6 is 0 Å². The van der Waals surface area contributed by atoms with Gasteiger partial charge < -0.3 is 15.3 Å². The van der Waals surface area contributed by atoms with Gasteiger partial charge in [0.05, 0.1) is 11.3 Å². The predicted molar refractivity (Wildman–Crippen MR) is 96.7 cm³/mol. The Labute approximate surface area is 155 Å². The Balaban J connectivity index is 1.74. The summed E-state index contributed by atoms with van der Waals surface area (Å²) >= 11 is 0. The lowest BCUT2D eigenvalue weighted by Crippen LogP contribution is -2.41. The highest BCUT2D eigenvalue weighted by Crippen LogP contribution is 2.24. The zero-order chi connectivity index (χ0) is 19.6. The fourth-order valence-corrected chi connectivity index (χ4v) is 3.06. The van der Waals surface area contributed by atoms with Gasteiger partial charge in [-0.05, 0) is 37.1 Å². The molecule has 140 valence electrons. The van der Waals surface area contributed by atoms with Gasteiger partial charge in [-0.3, -0.25) is 9.59 Å². The van der Waals surface area contributed by atoms with Crippen LogP contribution in [0.5, 0.6) is 0 Å². The number of likely N-dealkylation sites (tertiary alicyclic amines) is 1. The van der Waals surface area contributed by atoms with E-state index in [2.05, 4.69) is 5.32 Å². The third-order valence-corrected chi connectivity index (χ3v) is 4.58. The Morgan fingerprint density at radius 1 is 1.22 bits per heavy atom. The minimum atomic E-state index is -1.25. The predicted octanol–water partition coefficient (Wildman–Crippen LogP) is 2.96. The first-order chi connectivity index (χ1) is 12.8. The van der Waals surface area contributed by atoms with Crippen molar-refractivity contribution in [3.8, 4) is 0 Å². The van der Waals surface area contributed by atoms with Crippen LogP contribution in [0, 0.1) is 12.7 Å². The van der Waals surface area contributed by atoms with Crippen LogP contribution in [0.1, 0.15) is 34.3 Å². The SMILES string of the molecule is Cc1ccc(CN2C(=O)CCC2C(=O)Nc2ccc(C(=O)O)cc2F)cc1. The number of carbonyl (C=O) groups is 3. The monoisotopic (exact) mass is 370 g/mol. The Bertz CT molecular complexity index is 895. The van der Waals surface area contributed by atoms with Gasteiger partial charge in [0, 0.05) is 13.0 Å². The standard InChI is InChI=1S/C20H19FN2O4/c1-12-2-4-13(5-3-12)11-23-17(8-9-18(23)24)19(25)22-16-7-6-14(20(26)27)10-15(16)21/h2-7,10,17H,8-9,11H2,1H3,(H,22,25)(H,26,27). The second-order valence-corrected chi connectivity index (χ2v) is 6.55. The summed E-state index contributed by atoms with van der Waals surface area (Å²) in [5.74, 6) is -2.71.